The van der Waals surface area contributed by atoms with Crippen LogP contribution in [0.5, 0.6) is 0 Å². The number of hydrogen-bond acceptors (Lipinski definition) is 3. The van der Waals surface area contributed by atoms with Gasteiger partial charge in [0.1, 0.15) is 0 Å². The molecule has 0 saturated heterocycles. The highest BCUT2D eigenvalue weighted by atomic mass is 35.5. The maximum absolute atomic E-state index is 6.19. The van der Waals surface area contributed by atoms with Crippen LogP contribution in [0, 0.1) is 6.92 Å². The summed E-state index contributed by atoms with van der Waals surface area (Å²) in [6.45, 7) is 1.89. The maximum Gasteiger partial charge on any atom is 0.0847 e. The zero-order chi connectivity index (χ0) is 12.4. The average Bonchev–Trinajstić information content (AvgIpc) is 2.57. The van der Waals surface area contributed by atoms with Crippen LogP contribution in [0.2, 0.25) is 5.02 Å². The Kier molecular flexibility index (Phi) is 3.45. The van der Waals surface area contributed by atoms with Gasteiger partial charge in [0.15, 0.2) is 0 Å². The Morgan fingerprint density at radius 3 is 2.59 bits per heavy atom. The number of nitrogens with two attached hydrogens (primary N) is 1. The molecular weight excluding hydrogens is 236 g/mol. The molecule has 0 saturated carbocycles. The normalized spacial score (nSPS) is 12.7. The van der Waals surface area contributed by atoms with Gasteiger partial charge < -0.3 is 5.73 Å². The molecule has 4 nitrogen and oxygen atoms in total. The predicted molar refractivity (Wildman–Crippen MR) is 67.8 cm³/mol. The van der Waals surface area contributed by atoms with Crippen LogP contribution in [0.3, 0.4) is 0 Å². The van der Waals surface area contributed by atoms with Crippen molar-refractivity contribution in [2.75, 3.05) is 0 Å². The van der Waals surface area contributed by atoms with Gasteiger partial charge in [-0.3, -0.25) is 9.67 Å². The summed E-state index contributed by atoms with van der Waals surface area (Å²) in [5.74, 6) is 0. The lowest BCUT2D eigenvalue weighted by atomic mass is 10.0. The van der Waals surface area contributed by atoms with E-state index in [1.54, 1.807) is 17.1 Å². The van der Waals surface area contributed by atoms with E-state index >= 15 is 0 Å². The van der Waals surface area contributed by atoms with Gasteiger partial charge in [-0.2, -0.15) is 5.10 Å². The molecule has 0 aliphatic rings. The van der Waals surface area contributed by atoms with E-state index < -0.39 is 0 Å². The molecule has 0 radical (unpaired) electrons. The molecule has 0 aliphatic heterocycles. The number of pyridine rings is 1. The van der Waals surface area contributed by atoms with Gasteiger partial charge in [-0.1, -0.05) is 11.6 Å². The fourth-order valence-corrected chi connectivity index (χ4v) is 2.08. The van der Waals surface area contributed by atoms with E-state index in [9.17, 15) is 0 Å². The zero-order valence-electron chi connectivity index (χ0n) is 9.89. The van der Waals surface area contributed by atoms with Gasteiger partial charge in [-0.05, 0) is 24.6 Å². The van der Waals surface area contributed by atoms with Crippen molar-refractivity contribution in [3.8, 4) is 0 Å². The summed E-state index contributed by atoms with van der Waals surface area (Å²) in [6, 6.07) is 3.74. The van der Waals surface area contributed by atoms with Crippen molar-refractivity contribution < 1.29 is 0 Å². The Bertz CT molecular complexity index is 507. The lowest BCUT2D eigenvalue weighted by molar-refractivity contribution is 0.639. The average molecular weight is 251 g/mol. The van der Waals surface area contributed by atoms with Gasteiger partial charge in [0.25, 0.3) is 0 Å². The van der Waals surface area contributed by atoms with Crippen molar-refractivity contribution in [3.05, 3.63) is 46.5 Å². The topological polar surface area (TPSA) is 56.7 Å². The first-order valence-corrected chi connectivity index (χ1v) is 5.81. The predicted octanol–water partition coefficient (Wildman–Crippen LogP) is 2.02. The Labute approximate surface area is 105 Å². The second kappa shape index (κ2) is 4.85. The van der Waals surface area contributed by atoms with Crippen LogP contribution in [-0.4, -0.2) is 14.8 Å². The highest BCUT2D eigenvalue weighted by molar-refractivity contribution is 6.31. The fourth-order valence-electron chi connectivity index (χ4n) is 1.84. The number of rotatable bonds is 3. The summed E-state index contributed by atoms with van der Waals surface area (Å²) >= 11 is 6.19. The molecule has 0 aromatic carbocycles. The summed E-state index contributed by atoms with van der Waals surface area (Å²) in [6.07, 6.45) is 4.15. The molecule has 0 amide bonds. The van der Waals surface area contributed by atoms with E-state index in [0.717, 1.165) is 17.0 Å². The smallest absolute Gasteiger partial charge is 0.0847 e. The second-order valence-electron chi connectivity index (χ2n) is 4.06. The lowest BCUT2D eigenvalue weighted by Crippen LogP contribution is -2.15. The van der Waals surface area contributed by atoms with Crippen molar-refractivity contribution in [1.82, 2.24) is 14.8 Å². The minimum Gasteiger partial charge on any atom is -0.324 e. The van der Waals surface area contributed by atoms with Crippen LogP contribution in [0.1, 0.15) is 23.0 Å². The molecule has 1 unspecified atom stereocenters. The molecule has 0 spiro atoms. The van der Waals surface area contributed by atoms with Crippen molar-refractivity contribution in [2.45, 2.75) is 19.4 Å². The third-order valence-corrected chi connectivity index (χ3v) is 3.30. The molecular formula is C12H15ClN4. The molecule has 90 valence electrons. The molecule has 17 heavy (non-hydrogen) atoms. The van der Waals surface area contributed by atoms with Gasteiger partial charge in [-0.15, -0.1) is 0 Å². The molecule has 2 rings (SSSR count). The summed E-state index contributed by atoms with van der Waals surface area (Å²) < 4.78 is 1.79. The quantitative estimate of drug-likeness (QED) is 0.907. The third kappa shape index (κ3) is 2.48. The van der Waals surface area contributed by atoms with E-state index in [2.05, 4.69) is 10.1 Å². The number of aryl methyl sites for hydroxylation is 2. The summed E-state index contributed by atoms with van der Waals surface area (Å²) in [4.78, 5) is 3.97. The SMILES string of the molecule is Cc1nn(C)c(CC(N)c2ccncc2)c1Cl. The number of aromatic nitrogens is 3. The molecule has 0 aliphatic carbocycles. The fraction of sp³-hybridized carbons (Fsp3) is 0.333. The minimum absolute atomic E-state index is 0.0923. The van der Waals surface area contributed by atoms with E-state index in [4.69, 9.17) is 17.3 Å². The zero-order valence-corrected chi connectivity index (χ0v) is 10.6. The Balaban J connectivity index is 2.22. The minimum atomic E-state index is -0.0923. The van der Waals surface area contributed by atoms with Gasteiger partial charge in [0.2, 0.25) is 0 Å². The monoisotopic (exact) mass is 250 g/mol. The van der Waals surface area contributed by atoms with Crippen molar-refractivity contribution >= 4 is 11.6 Å². The summed E-state index contributed by atoms with van der Waals surface area (Å²) in [5, 5.41) is 4.98. The first kappa shape index (κ1) is 12.1. The summed E-state index contributed by atoms with van der Waals surface area (Å²) in [5.41, 5.74) is 9.00. The van der Waals surface area contributed by atoms with Crippen molar-refractivity contribution in [2.24, 2.45) is 12.8 Å². The second-order valence-corrected chi connectivity index (χ2v) is 4.44. The van der Waals surface area contributed by atoms with Crippen LogP contribution >= 0.6 is 11.6 Å². The van der Waals surface area contributed by atoms with Crippen LogP contribution in [0.25, 0.3) is 0 Å². The molecule has 1 atom stereocenters. The first-order chi connectivity index (χ1) is 8.09. The van der Waals surface area contributed by atoms with E-state index in [1.165, 1.54) is 0 Å². The largest absolute Gasteiger partial charge is 0.324 e. The Hall–Kier alpha value is -1.39. The molecule has 2 aromatic heterocycles. The van der Waals surface area contributed by atoms with Crippen molar-refractivity contribution in [1.29, 1.82) is 0 Å². The van der Waals surface area contributed by atoms with Gasteiger partial charge in [-0.25, -0.2) is 0 Å². The first-order valence-electron chi connectivity index (χ1n) is 5.43. The third-order valence-electron chi connectivity index (χ3n) is 2.81. The molecule has 2 heterocycles. The molecule has 0 fully saturated rings. The Morgan fingerprint density at radius 2 is 2.06 bits per heavy atom. The van der Waals surface area contributed by atoms with Gasteiger partial charge in [0.05, 0.1) is 16.4 Å². The van der Waals surface area contributed by atoms with Gasteiger partial charge in [0, 0.05) is 31.9 Å². The van der Waals surface area contributed by atoms with Crippen LogP contribution in [0.4, 0.5) is 0 Å². The van der Waals surface area contributed by atoms with E-state index in [-0.39, 0.29) is 6.04 Å². The maximum atomic E-state index is 6.19. The van der Waals surface area contributed by atoms with E-state index in [1.807, 2.05) is 26.1 Å². The molecule has 0 bridgehead atoms. The van der Waals surface area contributed by atoms with Crippen LogP contribution in [-0.2, 0) is 13.5 Å². The number of hydrogen-bond donors (Lipinski definition) is 1. The number of halogens is 1. The van der Waals surface area contributed by atoms with Crippen molar-refractivity contribution in [3.63, 3.8) is 0 Å². The van der Waals surface area contributed by atoms with E-state index in [0.29, 0.717) is 11.4 Å². The van der Waals surface area contributed by atoms with Crippen LogP contribution < -0.4 is 5.73 Å². The highest BCUT2D eigenvalue weighted by Crippen LogP contribution is 2.24. The highest BCUT2D eigenvalue weighted by Gasteiger charge is 2.15. The number of nitrogens with zero attached hydrogens (tertiary/aromatic N) is 3. The lowest BCUT2D eigenvalue weighted by Gasteiger charge is -2.12. The van der Waals surface area contributed by atoms with Gasteiger partial charge >= 0.3 is 0 Å². The Morgan fingerprint density at radius 1 is 1.41 bits per heavy atom. The molecule has 5 heteroatoms. The molecule has 2 N–H and O–H groups in total. The summed E-state index contributed by atoms with van der Waals surface area (Å²) in [7, 11) is 1.88. The van der Waals surface area contributed by atoms with Crippen LogP contribution in [0.15, 0.2) is 24.5 Å². The molecule has 2 aromatic rings. The standard InChI is InChI=1S/C12H15ClN4/c1-8-12(13)11(17(2)16-8)7-10(14)9-3-5-15-6-4-9/h3-6,10H,7,14H2,1-2H3.